The van der Waals surface area contributed by atoms with Gasteiger partial charge in [-0.15, -0.1) is 0 Å². The third kappa shape index (κ3) is 2.42. The number of rotatable bonds is 2. The zero-order chi connectivity index (χ0) is 15.9. The van der Waals surface area contributed by atoms with Crippen LogP contribution in [-0.2, 0) is 11.3 Å². The smallest absolute Gasteiger partial charge is 0.244 e. The highest BCUT2D eigenvalue weighted by Gasteiger charge is 2.43. The van der Waals surface area contributed by atoms with Crippen molar-refractivity contribution in [2.45, 2.75) is 64.0 Å². The summed E-state index contributed by atoms with van der Waals surface area (Å²) in [5.74, 6) is 0.208. The summed E-state index contributed by atoms with van der Waals surface area (Å²) < 4.78 is 1.78. The Morgan fingerprint density at radius 3 is 2.83 bits per heavy atom. The van der Waals surface area contributed by atoms with Crippen LogP contribution in [0.3, 0.4) is 0 Å². The molecule has 0 atom stereocenters. The second-order valence-corrected chi connectivity index (χ2v) is 7.05. The van der Waals surface area contributed by atoms with Crippen LogP contribution in [0.5, 0.6) is 0 Å². The van der Waals surface area contributed by atoms with Gasteiger partial charge < -0.3 is 4.90 Å². The number of carbonyl (C=O) groups is 1. The second kappa shape index (κ2) is 5.62. The van der Waals surface area contributed by atoms with E-state index in [2.05, 4.69) is 15.0 Å². The maximum absolute atomic E-state index is 13.0. The van der Waals surface area contributed by atoms with Gasteiger partial charge in [-0.2, -0.15) is 5.10 Å². The fourth-order valence-electron chi connectivity index (χ4n) is 4.55. The van der Waals surface area contributed by atoms with Crippen LogP contribution in [0.1, 0.15) is 50.6 Å². The zero-order valence-corrected chi connectivity index (χ0v) is 13.8. The normalized spacial score (nSPS) is 20.5. The van der Waals surface area contributed by atoms with Crippen LogP contribution in [0.4, 0.5) is 0 Å². The molecule has 2 fully saturated rings. The summed E-state index contributed by atoms with van der Waals surface area (Å²) in [4.78, 5) is 19.6. The molecule has 23 heavy (non-hydrogen) atoms. The van der Waals surface area contributed by atoms with Crippen molar-refractivity contribution in [2.75, 3.05) is 6.54 Å². The van der Waals surface area contributed by atoms with Crippen molar-refractivity contribution in [1.82, 2.24) is 19.7 Å². The van der Waals surface area contributed by atoms with Crippen LogP contribution in [0.25, 0.3) is 11.0 Å². The molecule has 3 heterocycles. The lowest BCUT2D eigenvalue weighted by Gasteiger charge is -2.41. The summed E-state index contributed by atoms with van der Waals surface area (Å²) >= 11 is 0. The number of amides is 1. The minimum atomic E-state index is 0.140. The average molecular weight is 312 g/mol. The SMILES string of the molecule is Cc1nn(CC(=O)N2CCCC23CCCCC3)c2ncccc12. The Bertz CT molecular complexity index is 730. The highest BCUT2D eigenvalue weighted by Crippen LogP contribution is 2.41. The van der Waals surface area contributed by atoms with Crippen molar-refractivity contribution >= 4 is 16.9 Å². The first-order valence-corrected chi connectivity index (χ1v) is 8.78. The van der Waals surface area contributed by atoms with Gasteiger partial charge in [0.25, 0.3) is 0 Å². The molecule has 5 heteroatoms. The van der Waals surface area contributed by atoms with Crippen LogP contribution in [-0.4, -0.2) is 37.7 Å². The van der Waals surface area contributed by atoms with Gasteiger partial charge in [-0.1, -0.05) is 19.3 Å². The number of aromatic nitrogens is 3. The van der Waals surface area contributed by atoms with E-state index in [9.17, 15) is 4.79 Å². The van der Waals surface area contributed by atoms with Gasteiger partial charge in [0, 0.05) is 23.7 Å². The van der Waals surface area contributed by atoms with Crippen molar-refractivity contribution < 1.29 is 4.79 Å². The molecule has 1 amide bonds. The predicted molar refractivity (Wildman–Crippen MR) is 89.0 cm³/mol. The lowest BCUT2D eigenvalue weighted by Crippen LogP contribution is -2.49. The molecule has 0 unspecified atom stereocenters. The first-order chi connectivity index (χ1) is 11.2. The van der Waals surface area contributed by atoms with Crippen molar-refractivity contribution in [3.63, 3.8) is 0 Å². The highest BCUT2D eigenvalue weighted by molar-refractivity contribution is 5.82. The second-order valence-electron chi connectivity index (χ2n) is 7.05. The molecule has 1 saturated heterocycles. The molecular formula is C18H24N4O. The predicted octanol–water partition coefficient (Wildman–Crippen LogP) is 3.07. The van der Waals surface area contributed by atoms with Crippen molar-refractivity contribution in [1.29, 1.82) is 0 Å². The number of aryl methyl sites for hydroxylation is 1. The van der Waals surface area contributed by atoms with E-state index in [1.165, 1.54) is 38.5 Å². The summed E-state index contributed by atoms with van der Waals surface area (Å²) in [7, 11) is 0. The number of pyridine rings is 1. The molecule has 1 aliphatic heterocycles. The van der Waals surface area contributed by atoms with Gasteiger partial charge in [-0.05, 0) is 44.7 Å². The molecule has 122 valence electrons. The lowest BCUT2D eigenvalue weighted by molar-refractivity contribution is -0.137. The number of fused-ring (bicyclic) bond motifs is 1. The van der Waals surface area contributed by atoms with Crippen molar-refractivity contribution in [3.8, 4) is 0 Å². The summed E-state index contributed by atoms with van der Waals surface area (Å²) in [5.41, 5.74) is 1.89. The molecule has 0 N–H and O–H groups in total. The molecule has 5 nitrogen and oxygen atoms in total. The van der Waals surface area contributed by atoms with Crippen molar-refractivity contribution in [2.24, 2.45) is 0 Å². The van der Waals surface area contributed by atoms with Gasteiger partial charge in [-0.3, -0.25) is 4.79 Å². The van der Waals surface area contributed by atoms with Crippen LogP contribution in [0.15, 0.2) is 18.3 Å². The van der Waals surface area contributed by atoms with Gasteiger partial charge in [0.1, 0.15) is 6.54 Å². The Morgan fingerprint density at radius 2 is 2.00 bits per heavy atom. The van der Waals surface area contributed by atoms with E-state index < -0.39 is 0 Å². The van der Waals surface area contributed by atoms with E-state index >= 15 is 0 Å². The maximum atomic E-state index is 13.0. The largest absolute Gasteiger partial charge is 0.335 e. The minimum Gasteiger partial charge on any atom is -0.335 e. The van der Waals surface area contributed by atoms with E-state index in [-0.39, 0.29) is 11.4 Å². The molecule has 2 aromatic heterocycles. The molecule has 2 aliphatic rings. The van der Waals surface area contributed by atoms with Gasteiger partial charge in [0.15, 0.2) is 5.65 Å². The molecule has 0 radical (unpaired) electrons. The van der Waals surface area contributed by atoms with Crippen LogP contribution in [0.2, 0.25) is 0 Å². The van der Waals surface area contributed by atoms with E-state index in [1.54, 1.807) is 10.9 Å². The number of hydrogen-bond acceptors (Lipinski definition) is 3. The maximum Gasteiger partial charge on any atom is 0.244 e. The summed E-state index contributed by atoms with van der Waals surface area (Å²) in [6.45, 7) is 3.19. The Morgan fingerprint density at radius 1 is 1.22 bits per heavy atom. The average Bonchev–Trinajstić information content (AvgIpc) is 3.11. The number of nitrogens with zero attached hydrogens (tertiary/aromatic N) is 4. The van der Waals surface area contributed by atoms with Gasteiger partial charge >= 0.3 is 0 Å². The fourth-order valence-corrected chi connectivity index (χ4v) is 4.55. The molecule has 2 aromatic rings. The highest BCUT2D eigenvalue weighted by atomic mass is 16.2. The van der Waals surface area contributed by atoms with Gasteiger partial charge in [0.2, 0.25) is 5.91 Å². The quantitative estimate of drug-likeness (QED) is 0.856. The monoisotopic (exact) mass is 312 g/mol. The lowest BCUT2D eigenvalue weighted by atomic mass is 9.80. The van der Waals surface area contributed by atoms with E-state index in [0.29, 0.717) is 6.54 Å². The first kappa shape index (κ1) is 14.7. The van der Waals surface area contributed by atoms with Crippen molar-refractivity contribution in [3.05, 3.63) is 24.0 Å². The zero-order valence-electron chi connectivity index (χ0n) is 13.8. The van der Waals surface area contributed by atoms with E-state index in [4.69, 9.17) is 0 Å². The third-order valence-electron chi connectivity index (χ3n) is 5.66. The fraction of sp³-hybridized carbons (Fsp3) is 0.611. The number of hydrogen-bond donors (Lipinski definition) is 0. The van der Waals surface area contributed by atoms with E-state index in [1.807, 2.05) is 19.1 Å². The van der Waals surface area contributed by atoms with Crippen LogP contribution >= 0.6 is 0 Å². The van der Waals surface area contributed by atoms with Crippen LogP contribution in [0, 0.1) is 6.92 Å². The van der Waals surface area contributed by atoms with Crippen LogP contribution < -0.4 is 0 Å². The summed E-state index contributed by atoms with van der Waals surface area (Å²) in [6.07, 6.45) is 10.3. The number of carbonyl (C=O) groups excluding carboxylic acids is 1. The standard InChI is InChI=1S/C18H24N4O/c1-14-15-7-5-11-19-17(15)22(20-14)13-16(23)21-12-6-10-18(21)8-3-2-4-9-18/h5,7,11H,2-4,6,8-10,12-13H2,1H3. The minimum absolute atomic E-state index is 0.140. The van der Waals surface area contributed by atoms with Gasteiger partial charge in [0.05, 0.1) is 5.69 Å². The molecule has 0 aromatic carbocycles. The Labute approximate surface area is 136 Å². The summed E-state index contributed by atoms with van der Waals surface area (Å²) in [6, 6.07) is 3.94. The topological polar surface area (TPSA) is 51.0 Å². The summed E-state index contributed by atoms with van der Waals surface area (Å²) in [5, 5.41) is 5.58. The molecule has 1 aliphatic carbocycles. The van der Waals surface area contributed by atoms with Gasteiger partial charge in [-0.25, -0.2) is 9.67 Å². The molecule has 1 spiro atoms. The first-order valence-electron chi connectivity index (χ1n) is 8.78. The Kier molecular flexibility index (Phi) is 3.58. The molecule has 4 rings (SSSR count). The van der Waals surface area contributed by atoms with E-state index in [0.717, 1.165) is 29.7 Å². The Balaban J connectivity index is 1.59. The molecule has 1 saturated carbocycles. The molecule has 0 bridgehead atoms. The number of likely N-dealkylation sites (tertiary alicyclic amines) is 1. The Hall–Kier alpha value is -1.91. The third-order valence-corrected chi connectivity index (χ3v) is 5.66. The molecular weight excluding hydrogens is 288 g/mol.